The van der Waals surface area contributed by atoms with Crippen LogP contribution in [0.5, 0.6) is 5.75 Å². The molecule has 13 nitrogen and oxygen atoms in total. The number of hydrogen-bond acceptors (Lipinski definition) is 11. The van der Waals surface area contributed by atoms with Gasteiger partial charge in [0.05, 0.1) is 28.1 Å². The summed E-state index contributed by atoms with van der Waals surface area (Å²) in [7, 11) is 2.02. The maximum atomic E-state index is 13.9. The average Bonchev–Trinajstić information content (AvgIpc) is 3.50. The van der Waals surface area contributed by atoms with E-state index in [0.29, 0.717) is 42.5 Å². The van der Waals surface area contributed by atoms with E-state index < -0.39 is 11.7 Å². The first-order valence-corrected chi connectivity index (χ1v) is 19.4. The molecule has 0 bridgehead atoms. The quantitative estimate of drug-likeness (QED) is 0.139. The molecule has 1 atom stereocenters. The molecule has 5 aromatic rings. The molecule has 0 radical (unpaired) electrons. The number of hydrogen-bond donors (Lipinski definition) is 2. The van der Waals surface area contributed by atoms with E-state index in [2.05, 4.69) is 38.6 Å². The van der Waals surface area contributed by atoms with Gasteiger partial charge in [0, 0.05) is 46.2 Å². The zero-order chi connectivity index (χ0) is 40.4. The molecule has 6 rings (SSSR count). The molecule has 294 valence electrons. The largest absolute Gasteiger partial charge is 0.491 e. The molecule has 4 heterocycles. The van der Waals surface area contributed by atoms with E-state index in [4.69, 9.17) is 40.9 Å². The average molecular weight is 792 g/mol. The van der Waals surface area contributed by atoms with Crippen molar-refractivity contribution in [3.8, 4) is 16.9 Å². The zero-order valence-corrected chi connectivity index (χ0v) is 34.5. The monoisotopic (exact) mass is 791 g/mol. The minimum atomic E-state index is -0.630. The first-order chi connectivity index (χ1) is 26.2. The summed E-state index contributed by atoms with van der Waals surface area (Å²) in [6.45, 7) is 16.2. The maximum Gasteiger partial charge on any atom is 0.414 e. The van der Waals surface area contributed by atoms with Gasteiger partial charge >= 0.3 is 6.09 Å². The highest BCUT2D eigenvalue weighted by molar-refractivity contribution is 7.18. The molecule has 1 aromatic carbocycles. The molecular formula is C40H50ClN7O6S. The van der Waals surface area contributed by atoms with Gasteiger partial charge in [-0.05, 0) is 109 Å². The Hall–Kier alpha value is -4.92. The van der Waals surface area contributed by atoms with Crippen LogP contribution in [-0.2, 0) is 35.5 Å². The third-order valence-corrected chi connectivity index (χ3v) is 10.0. The number of thiophene rings is 1. The predicted molar refractivity (Wildman–Crippen MR) is 217 cm³/mol. The third-order valence-electron chi connectivity index (χ3n) is 8.69. The van der Waals surface area contributed by atoms with Gasteiger partial charge in [0.1, 0.15) is 23.8 Å². The summed E-state index contributed by atoms with van der Waals surface area (Å²) in [4.78, 5) is 55.0. The number of rotatable bonds is 9. The lowest BCUT2D eigenvalue weighted by Gasteiger charge is -2.32. The third kappa shape index (κ3) is 11.1. The number of amides is 1. The second-order valence-electron chi connectivity index (χ2n) is 13.9. The molecule has 1 unspecified atom stereocenters. The van der Waals surface area contributed by atoms with Crippen LogP contribution >= 0.6 is 22.9 Å². The van der Waals surface area contributed by atoms with E-state index in [1.807, 2.05) is 59.0 Å². The number of aromatic nitrogens is 5. The Balaban J connectivity index is 0.00000128. The van der Waals surface area contributed by atoms with Gasteiger partial charge in [0.25, 0.3) is 12.0 Å². The lowest BCUT2D eigenvalue weighted by molar-refractivity contribution is -0.122. The summed E-state index contributed by atoms with van der Waals surface area (Å²) < 4.78 is 14.5. The number of carbonyl (C=O) groups is 2. The Morgan fingerprint density at radius 3 is 2.56 bits per heavy atom. The topological polar surface area (TPSA) is 162 Å². The fourth-order valence-electron chi connectivity index (χ4n) is 6.31. The van der Waals surface area contributed by atoms with Crippen molar-refractivity contribution >= 4 is 51.7 Å². The molecule has 1 amide bonds. The summed E-state index contributed by atoms with van der Waals surface area (Å²) >= 11 is 8.13. The van der Waals surface area contributed by atoms with Gasteiger partial charge in [-0.15, -0.1) is 11.3 Å². The number of pyridine rings is 1. The molecule has 1 aliphatic carbocycles. The number of nitrogens with one attached hydrogen (secondary N) is 1. The second-order valence-corrected chi connectivity index (χ2v) is 15.2. The minimum absolute atomic E-state index is 0.0306. The molecule has 15 heteroatoms. The molecule has 0 fully saturated rings. The van der Waals surface area contributed by atoms with Gasteiger partial charge in [-0.1, -0.05) is 25.4 Å². The number of carboxylic acid groups (broad SMARTS) is 1. The zero-order valence-electron chi connectivity index (χ0n) is 32.9. The van der Waals surface area contributed by atoms with Crippen LogP contribution in [-0.4, -0.2) is 72.4 Å². The molecule has 2 N–H and O–H groups in total. The lowest BCUT2D eigenvalue weighted by Crippen LogP contribution is -2.41. The fourth-order valence-corrected chi connectivity index (χ4v) is 7.50. The molecule has 0 aliphatic heterocycles. The van der Waals surface area contributed by atoms with Crippen molar-refractivity contribution in [1.29, 1.82) is 0 Å². The van der Waals surface area contributed by atoms with Gasteiger partial charge in [-0.25, -0.2) is 19.7 Å². The summed E-state index contributed by atoms with van der Waals surface area (Å²) in [5, 5.41) is 12.2. The molecule has 55 heavy (non-hydrogen) atoms. The second kappa shape index (κ2) is 19.1. The number of fused-ring (bicyclic) bond motifs is 2. The van der Waals surface area contributed by atoms with Crippen molar-refractivity contribution in [2.24, 2.45) is 0 Å². The van der Waals surface area contributed by atoms with Gasteiger partial charge in [0.2, 0.25) is 5.95 Å². The van der Waals surface area contributed by atoms with E-state index in [1.54, 1.807) is 42.9 Å². The van der Waals surface area contributed by atoms with Crippen LogP contribution in [0.3, 0.4) is 0 Å². The number of ether oxygens (including phenoxy) is 2. The van der Waals surface area contributed by atoms with Crippen molar-refractivity contribution in [2.45, 2.75) is 99.4 Å². The van der Waals surface area contributed by atoms with E-state index in [9.17, 15) is 9.59 Å². The lowest BCUT2D eigenvalue weighted by atomic mass is 9.91. The van der Waals surface area contributed by atoms with Crippen molar-refractivity contribution < 1.29 is 24.2 Å². The molecule has 0 saturated heterocycles. The van der Waals surface area contributed by atoms with Crippen LogP contribution in [0.25, 0.3) is 21.3 Å². The van der Waals surface area contributed by atoms with E-state index >= 15 is 0 Å². The SMILES string of the molecule is CC.Cc1cc(-c2cc(Cl)ccc2OCCn2c(C)nc3c(c2=O)CC(N(C)Cc2ccnc(NC(=O)OC(C)(C)C)n2)CC3)c2scc(C)c2n1.O=CO. The highest BCUT2D eigenvalue weighted by atomic mass is 35.5. The molecule has 0 saturated carbocycles. The summed E-state index contributed by atoms with van der Waals surface area (Å²) in [5.41, 5.74) is 6.65. The summed E-state index contributed by atoms with van der Waals surface area (Å²) in [6.07, 6.45) is 3.15. The molecule has 4 aromatic heterocycles. The fraction of sp³-hybridized carbons (Fsp3) is 0.425. The van der Waals surface area contributed by atoms with Crippen molar-refractivity contribution in [2.75, 3.05) is 19.0 Å². The van der Waals surface area contributed by atoms with Crippen LogP contribution in [0.2, 0.25) is 5.02 Å². The van der Waals surface area contributed by atoms with Crippen molar-refractivity contribution in [3.05, 3.63) is 91.3 Å². The summed E-state index contributed by atoms with van der Waals surface area (Å²) in [6, 6.07) is 9.62. The summed E-state index contributed by atoms with van der Waals surface area (Å²) in [5.74, 6) is 1.55. The van der Waals surface area contributed by atoms with E-state index in [-0.39, 0.29) is 30.6 Å². The van der Waals surface area contributed by atoms with Crippen LogP contribution < -0.4 is 15.6 Å². The smallest absolute Gasteiger partial charge is 0.414 e. The Labute approximate surface area is 330 Å². The predicted octanol–water partition coefficient (Wildman–Crippen LogP) is 8.03. The Morgan fingerprint density at radius 2 is 1.85 bits per heavy atom. The number of carbonyl (C=O) groups excluding carboxylic acids is 1. The molecular weight excluding hydrogens is 742 g/mol. The Kier molecular flexibility index (Phi) is 14.9. The van der Waals surface area contributed by atoms with Crippen LogP contribution in [0.4, 0.5) is 10.7 Å². The minimum Gasteiger partial charge on any atom is -0.491 e. The number of aryl methyl sites for hydroxylation is 4. The van der Waals surface area contributed by atoms with Gasteiger partial charge in [-0.3, -0.25) is 29.4 Å². The molecule has 0 spiro atoms. The number of benzene rings is 1. The number of nitrogens with zero attached hydrogens (tertiary/aromatic N) is 6. The van der Waals surface area contributed by atoms with E-state index in [1.165, 1.54) is 0 Å². The van der Waals surface area contributed by atoms with E-state index in [0.717, 1.165) is 56.0 Å². The first kappa shape index (κ1) is 42.8. The van der Waals surface area contributed by atoms with Gasteiger partial charge < -0.3 is 14.6 Å². The number of likely N-dealkylation sites (N-methyl/N-ethyl adjacent to an activating group) is 1. The van der Waals surface area contributed by atoms with Crippen LogP contribution in [0.1, 0.15) is 75.1 Å². The number of halogens is 1. The standard InChI is InChI=1S/C37H42ClN7O4S.C2H6.CH2O2/c1-21-20-50-33-28(16-22(2)40-32(21)33)27-17-24(38)8-11-31(27)48-15-14-45-23(3)41-30-10-9-26(18-29(30)34(45)46)44(7)19-25-12-13-39-35(42-25)43-36(47)49-37(4,5)6;1-2;2-1-3/h8,11-13,16-17,20,26H,9-10,14-15,18-19H2,1-7H3,(H,39,42,43,47);1-2H3;1H,(H,2,3). The maximum absolute atomic E-state index is 13.9. The Bertz CT molecular complexity index is 2180. The Morgan fingerprint density at radius 1 is 1.13 bits per heavy atom. The van der Waals surface area contributed by atoms with Crippen LogP contribution in [0, 0.1) is 20.8 Å². The van der Waals surface area contributed by atoms with Gasteiger partial charge in [-0.2, -0.15) is 0 Å². The van der Waals surface area contributed by atoms with Crippen molar-refractivity contribution in [3.63, 3.8) is 0 Å². The van der Waals surface area contributed by atoms with Crippen LogP contribution in [0.15, 0.2) is 46.7 Å². The molecule has 1 aliphatic rings. The first-order valence-electron chi connectivity index (χ1n) is 18.1. The highest BCUT2D eigenvalue weighted by Gasteiger charge is 2.27. The normalized spacial score (nSPS) is 13.5. The number of anilines is 1. The van der Waals surface area contributed by atoms with Gasteiger partial charge in [0.15, 0.2) is 0 Å². The van der Waals surface area contributed by atoms with Crippen molar-refractivity contribution in [1.82, 2.24) is 29.4 Å². The highest BCUT2D eigenvalue weighted by Crippen LogP contribution is 2.40.